The predicted octanol–water partition coefficient (Wildman–Crippen LogP) is 4.76. The molecule has 0 N–H and O–H groups in total. The Balaban J connectivity index is 1.35. The van der Waals surface area contributed by atoms with Crippen molar-refractivity contribution in [3.8, 4) is 11.3 Å². The molecule has 0 amide bonds. The normalized spacial score (nSPS) is 29.5. The zero-order valence-electron chi connectivity index (χ0n) is 18.1. The van der Waals surface area contributed by atoms with Crippen LogP contribution in [0.25, 0.3) is 11.3 Å². The molecule has 0 bridgehead atoms. The summed E-state index contributed by atoms with van der Waals surface area (Å²) in [6, 6.07) is 3.92. The lowest BCUT2D eigenvalue weighted by Gasteiger charge is -2.36. The third kappa shape index (κ3) is 3.89. The van der Waals surface area contributed by atoms with Gasteiger partial charge in [0.15, 0.2) is 0 Å². The molecule has 0 radical (unpaired) electrons. The maximum Gasteiger partial charge on any atom is 0.417 e. The van der Waals surface area contributed by atoms with Crippen molar-refractivity contribution in [2.45, 2.75) is 63.9 Å². The van der Waals surface area contributed by atoms with Crippen LogP contribution in [-0.2, 0) is 10.9 Å². The maximum absolute atomic E-state index is 13.1. The van der Waals surface area contributed by atoms with E-state index in [1.54, 1.807) is 0 Å². The van der Waals surface area contributed by atoms with Crippen molar-refractivity contribution in [2.24, 2.45) is 11.8 Å². The highest BCUT2D eigenvalue weighted by Gasteiger charge is 2.58. The van der Waals surface area contributed by atoms with Gasteiger partial charge >= 0.3 is 6.18 Å². The molecule has 8 heteroatoms. The first-order valence-electron chi connectivity index (χ1n) is 11.2. The number of halogens is 3. The first-order valence-corrected chi connectivity index (χ1v) is 11.2. The van der Waals surface area contributed by atoms with E-state index < -0.39 is 11.7 Å². The standard InChI is InChI=1S/C23H29F3N4O/c1-13(2)30-21(9-20(28-30)15-6-16(11-27-10-15)23(24,25)26)22-18-7-17(8-19(18)22)29-4-5-31-14(3)12-29/h6,9-11,13-14,17-19,22H,4-5,7-8,12H2,1-3H3/t14-,17?,18-,19-,22?/m1/s1. The van der Waals surface area contributed by atoms with Gasteiger partial charge in [0.25, 0.3) is 0 Å². The van der Waals surface area contributed by atoms with Gasteiger partial charge in [-0.15, -0.1) is 0 Å². The van der Waals surface area contributed by atoms with Crippen LogP contribution in [0.1, 0.15) is 56.8 Å². The number of morpholine rings is 1. The van der Waals surface area contributed by atoms with E-state index in [9.17, 15) is 13.2 Å². The van der Waals surface area contributed by atoms with Crippen LogP contribution in [0.4, 0.5) is 13.2 Å². The van der Waals surface area contributed by atoms with Crippen LogP contribution < -0.4 is 0 Å². The second-order valence-corrected chi connectivity index (χ2v) is 9.61. The topological polar surface area (TPSA) is 43.2 Å². The number of alkyl halides is 3. The molecule has 2 saturated carbocycles. The third-order valence-corrected chi connectivity index (χ3v) is 7.17. The van der Waals surface area contributed by atoms with Crippen molar-refractivity contribution >= 4 is 0 Å². The maximum atomic E-state index is 13.1. The number of hydrogen-bond acceptors (Lipinski definition) is 4. The zero-order chi connectivity index (χ0) is 21.9. The highest BCUT2D eigenvalue weighted by molar-refractivity contribution is 5.60. The monoisotopic (exact) mass is 434 g/mol. The van der Waals surface area contributed by atoms with Gasteiger partial charge < -0.3 is 4.74 Å². The number of fused-ring (bicyclic) bond motifs is 1. The van der Waals surface area contributed by atoms with E-state index in [0.717, 1.165) is 37.7 Å². The van der Waals surface area contributed by atoms with Crippen LogP contribution in [0, 0.1) is 11.8 Å². The van der Waals surface area contributed by atoms with Gasteiger partial charge in [0.05, 0.1) is 24.0 Å². The van der Waals surface area contributed by atoms with Gasteiger partial charge in [0.1, 0.15) is 0 Å². The van der Waals surface area contributed by atoms with Gasteiger partial charge in [-0.05, 0) is 57.6 Å². The van der Waals surface area contributed by atoms with Gasteiger partial charge in [0, 0.05) is 54.7 Å². The van der Waals surface area contributed by atoms with Gasteiger partial charge in [-0.3, -0.25) is 14.6 Å². The number of nitrogens with zero attached hydrogens (tertiary/aromatic N) is 4. The molecule has 5 rings (SSSR count). The van der Waals surface area contributed by atoms with Crippen LogP contribution in [0.5, 0.6) is 0 Å². The van der Waals surface area contributed by atoms with E-state index in [-0.39, 0.29) is 6.04 Å². The summed E-state index contributed by atoms with van der Waals surface area (Å²) in [7, 11) is 0. The molecule has 0 spiro atoms. The molecule has 3 atom stereocenters. The first kappa shape index (κ1) is 20.9. The lowest BCUT2D eigenvalue weighted by molar-refractivity contribution is -0.137. The summed E-state index contributed by atoms with van der Waals surface area (Å²) >= 11 is 0. The molecule has 168 valence electrons. The highest BCUT2D eigenvalue weighted by atomic mass is 19.4. The highest BCUT2D eigenvalue weighted by Crippen LogP contribution is 2.64. The van der Waals surface area contributed by atoms with Crippen LogP contribution >= 0.6 is 0 Å². The average Bonchev–Trinajstić information content (AvgIpc) is 3.09. The van der Waals surface area contributed by atoms with E-state index in [4.69, 9.17) is 9.84 Å². The molecule has 31 heavy (non-hydrogen) atoms. The van der Waals surface area contributed by atoms with Gasteiger partial charge in [-0.1, -0.05) is 0 Å². The minimum atomic E-state index is -4.41. The summed E-state index contributed by atoms with van der Waals surface area (Å²) in [6.45, 7) is 9.10. The fraction of sp³-hybridized carbons (Fsp3) is 0.652. The minimum Gasteiger partial charge on any atom is -0.376 e. The molecule has 3 heterocycles. The third-order valence-electron chi connectivity index (χ3n) is 7.17. The van der Waals surface area contributed by atoms with Crippen LogP contribution in [0.2, 0.25) is 0 Å². The average molecular weight is 435 g/mol. The quantitative estimate of drug-likeness (QED) is 0.696. The Labute approximate surface area is 180 Å². The summed E-state index contributed by atoms with van der Waals surface area (Å²) in [6.07, 6.45) is 0.591. The Kier molecular flexibility index (Phi) is 5.13. The van der Waals surface area contributed by atoms with E-state index in [1.807, 2.05) is 10.7 Å². The summed E-state index contributed by atoms with van der Waals surface area (Å²) in [5.41, 5.74) is 1.41. The fourth-order valence-electron chi connectivity index (χ4n) is 5.67. The largest absolute Gasteiger partial charge is 0.417 e. The van der Waals surface area contributed by atoms with Gasteiger partial charge in [-0.2, -0.15) is 18.3 Å². The Hall–Kier alpha value is -1.93. The molecular formula is C23H29F3N4O. The predicted molar refractivity (Wildman–Crippen MR) is 111 cm³/mol. The van der Waals surface area contributed by atoms with Crippen molar-refractivity contribution in [3.05, 3.63) is 35.8 Å². The Morgan fingerprint density at radius 1 is 1.13 bits per heavy atom. The summed E-state index contributed by atoms with van der Waals surface area (Å²) in [5.74, 6) is 1.74. The molecule has 2 aliphatic carbocycles. The molecular weight excluding hydrogens is 405 g/mol. The van der Waals surface area contributed by atoms with Crippen molar-refractivity contribution in [1.29, 1.82) is 0 Å². The van der Waals surface area contributed by atoms with Crippen molar-refractivity contribution in [1.82, 2.24) is 19.7 Å². The molecule has 3 aliphatic rings. The lowest BCUT2D eigenvalue weighted by atomic mass is 10.0. The molecule has 0 unspecified atom stereocenters. The Morgan fingerprint density at radius 2 is 1.87 bits per heavy atom. The number of hydrogen-bond donors (Lipinski definition) is 0. The van der Waals surface area contributed by atoms with E-state index in [2.05, 4.69) is 30.7 Å². The number of rotatable bonds is 4. The number of ether oxygens (including phenoxy) is 1. The van der Waals surface area contributed by atoms with Crippen molar-refractivity contribution < 1.29 is 17.9 Å². The molecule has 2 aromatic rings. The van der Waals surface area contributed by atoms with Crippen LogP contribution in [-0.4, -0.2) is 51.5 Å². The fourth-order valence-corrected chi connectivity index (χ4v) is 5.67. The summed E-state index contributed by atoms with van der Waals surface area (Å²) in [5, 5.41) is 4.69. The molecule has 0 aromatic carbocycles. The number of aromatic nitrogens is 3. The van der Waals surface area contributed by atoms with E-state index >= 15 is 0 Å². The molecule has 3 fully saturated rings. The van der Waals surface area contributed by atoms with Crippen LogP contribution in [0.3, 0.4) is 0 Å². The lowest BCUT2D eigenvalue weighted by Crippen LogP contribution is -2.46. The second-order valence-electron chi connectivity index (χ2n) is 9.61. The first-order chi connectivity index (χ1) is 14.7. The van der Waals surface area contributed by atoms with E-state index in [1.165, 1.54) is 19.0 Å². The van der Waals surface area contributed by atoms with E-state index in [0.29, 0.717) is 41.2 Å². The molecule has 5 nitrogen and oxygen atoms in total. The SMILES string of the molecule is CC(C)n1nc(-c2cncc(C(F)(F)F)c2)cc1C1[C@@H]2CC(N3CCO[C@H](C)C3)C[C@@H]12. The van der Waals surface area contributed by atoms with Gasteiger partial charge in [-0.25, -0.2) is 0 Å². The summed E-state index contributed by atoms with van der Waals surface area (Å²) < 4.78 is 47.1. The van der Waals surface area contributed by atoms with Crippen LogP contribution in [0.15, 0.2) is 24.5 Å². The van der Waals surface area contributed by atoms with Gasteiger partial charge in [0.2, 0.25) is 0 Å². The molecule has 1 aliphatic heterocycles. The van der Waals surface area contributed by atoms with Crippen molar-refractivity contribution in [2.75, 3.05) is 19.7 Å². The zero-order valence-corrected chi connectivity index (χ0v) is 18.1. The van der Waals surface area contributed by atoms with Crippen molar-refractivity contribution in [3.63, 3.8) is 0 Å². The molecule has 1 saturated heterocycles. The molecule has 2 aromatic heterocycles. The Bertz CT molecular complexity index is 945. The number of pyridine rings is 1. The minimum absolute atomic E-state index is 0.153. The Morgan fingerprint density at radius 3 is 2.52 bits per heavy atom. The summed E-state index contributed by atoms with van der Waals surface area (Å²) in [4.78, 5) is 6.39. The second kappa shape index (κ2) is 7.59. The smallest absolute Gasteiger partial charge is 0.376 e.